The summed E-state index contributed by atoms with van der Waals surface area (Å²) in [6.07, 6.45) is 0. The standard InChI is InChI=1S/C28H25BrF2N4O4/c1-33-21-10-11-22(29)32-24(21)26(23(27(33)37)28(38)39)35-13-12-34(14-20(35)15-36)25(16-2-6-18(30)7-3-16)17-4-8-19(31)9-5-17/h2-11,20,25,36H,12-15H2,1H3,(H,38,39). The molecule has 1 fully saturated rings. The number of hydrogen-bond donors (Lipinski definition) is 2. The molecule has 5 rings (SSSR count). The number of aromatic carboxylic acids is 1. The highest BCUT2D eigenvalue weighted by atomic mass is 79.9. The van der Waals surface area contributed by atoms with Crippen LogP contribution in [0.4, 0.5) is 14.5 Å². The van der Waals surface area contributed by atoms with Crippen molar-refractivity contribution in [3.05, 3.63) is 104 Å². The van der Waals surface area contributed by atoms with Gasteiger partial charge < -0.3 is 19.7 Å². The largest absolute Gasteiger partial charge is 0.477 e. The molecule has 1 unspecified atom stereocenters. The number of carboxylic acids is 1. The van der Waals surface area contributed by atoms with Crippen molar-refractivity contribution in [3.8, 4) is 0 Å². The Balaban J connectivity index is 1.60. The first kappa shape index (κ1) is 26.9. The van der Waals surface area contributed by atoms with Gasteiger partial charge in [0.25, 0.3) is 5.56 Å². The van der Waals surface area contributed by atoms with Crippen molar-refractivity contribution < 1.29 is 23.8 Å². The molecule has 11 heteroatoms. The highest BCUT2D eigenvalue weighted by Gasteiger charge is 2.36. The van der Waals surface area contributed by atoms with Gasteiger partial charge in [-0.1, -0.05) is 24.3 Å². The Hall–Kier alpha value is -3.67. The first-order valence-electron chi connectivity index (χ1n) is 12.2. The number of carbonyl (C=O) groups is 1. The fraction of sp³-hybridized carbons (Fsp3) is 0.250. The molecule has 0 amide bonds. The third kappa shape index (κ3) is 5.05. The lowest BCUT2D eigenvalue weighted by Crippen LogP contribution is -2.56. The summed E-state index contributed by atoms with van der Waals surface area (Å²) in [7, 11) is 1.49. The lowest BCUT2D eigenvalue weighted by atomic mass is 9.95. The predicted molar refractivity (Wildman–Crippen MR) is 146 cm³/mol. The summed E-state index contributed by atoms with van der Waals surface area (Å²) in [6.45, 7) is 0.611. The number of pyridine rings is 2. The Labute approximate surface area is 230 Å². The second kappa shape index (κ2) is 10.8. The molecular formula is C28H25BrF2N4O4. The van der Waals surface area contributed by atoms with Gasteiger partial charge in [-0.2, -0.15) is 0 Å². The number of nitrogens with zero attached hydrogens (tertiary/aromatic N) is 4. The smallest absolute Gasteiger partial charge is 0.343 e. The molecule has 0 aliphatic carbocycles. The van der Waals surface area contributed by atoms with Gasteiger partial charge in [-0.05, 0) is 63.5 Å². The van der Waals surface area contributed by atoms with E-state index in [0.29, 0.717) is 22.2 Å². The van der Waals surface area contributed by atoms with Crippen LogP contribution in [0.1, 0.15) is 27.5 Å². The van der Waals surface area contributed by atoms with Crippen molar-refractivity contribution in [2.75, 3.05) is 31.1 Å². The van der Waals surface area contributed by atoms with Gasteiger partial charge in [0.1, 0.15) is 21.8 Å². The monoisotopic (exact) mass is 598 g/mol. The van der Waals surface area contributed by atoms with Gasteiger partial charge in [0.15, 0.2) is 5.56 Å². The molecule has 0 radical (unpaired) electrons. The third-order valence-electron chi connectivity index (χ3n) is 7.14. The number of carboxylic acid groups (broad SMARTS) is 1. The topological polar surface area (TPSA) is 98.9 Å². The second-order valence-corrected chi connectivity index (χ2v) is 10.2. The van der Waals surface area contributed by atoms with Crippen LogP contribution in [0.2, 0.25) is 0 Å². The highest BCUT2D eigenvalue weighted by molar-refractivity contribution is 9.10. The lowest BCUT2D eigenvalue weighted by Gasteiger charge is -2.45. The fourth-order valence-corrected chi connectivity index (χ4v) is 5.62. The average molecular weight is 599 g/mol. The number of aliphatic hydroxyl groups is 1. The van der Waals surface area contributed by atoms with E-state index in [2.05, 4.69) is 25.8 Å². The van der Waals surface area contributed by atoms with Gasteiger partial charge in [0, 0.05) is 26.7 Å². The van der Waals surface area contributed by atoms with Crippen molar-refractivity contribution in [3.63, 3.8) is 0 Å². The number of benzene rings is 2. The molecule has 0 saturated carbocycles. The average Bonchev–Trinajstić information content (AvgIpc) is 2.92. The maximum absolute atomic E-state index is 13.7. The molecule has 8 nitrogen and oxygen atoms in total. The van der Waals surface area contributed by atoms with Crippen LogP contribution in [-0.2, 0) is 7.05 Å². The summed E-state index contributed by atoms with van der Waals surface area (Å²) in [5, 5.41) is 20.5. The highest BCUT2D eigenvalue weighted by Crippen LogP contribution is 2.35. The molecule has 1 atom stereocenters. The maximum Gasteiger partial charge on any atom is 0.343 e. The van der Waals surface area contributed by atoms with Crippen molar-refractivity contribution in [2.24, 2.45) is 7.05 Å². The van der Waals surface area contributed by atoms with E-state index in [9.17, 15) is 28.6 Å². The van der Waals surface area contributed by atoms with Crippen molar-refractivity contribution >= 4 is 38.6 Å². The van der Waals surface area contributed by atoms with Crippen LogP contribution in [0, 0.1) is 11.6 Å². The molecular weight excluding hydrogens is 574 g/mol. The van der Waals surface area contributed by atoms with Gasteiger partial charge in [0.2, 0.25) is 0 Å². The minimum Gasteiger partial charge on any atom is -0.477 e. The Morgan fingerprint density at radius 1 is 1.03 bits per heavy atom. The molecule has 1 saturated heterocycles. The zero-order valence-electron chi connectivity index (χ0n) is 20.9. The molecule has 1 aliphatic heterocycles. The molecule has 2 aromatic heterocycles. The first-order valence-corrected chi connectivity index (χ1v) is 13.0. The summed E-state index contributed by atoms with van der Waals surface area (Å²) in [5.41, 5.74) is 1.40. The number of halogens is 3. The van der Waals surface area contributed by atoms with E-state index in [1.165, 1.54) is 35.9 Å². The van der Waals surface area contributed by atoms with Crippen LogP contribution in [0.15, 0.2) is 70.1 Å². The molecule has 2 N–H and O–H groups in total. The van der Waals surface area contributed by atoms with E-state index >= 15 is 0 Å². The van der Waals surface area contributed by atoms with Crippen molar-refractivity contribution in [1.29, 1.82) is 0 Å². The minimum atomic E-state index is -1.39. The zero-order valence-corrected chi connectivity index (χ0v) is 22.5. The molecule has 202 valence electrons. The van der Waals surface area contributed by atoms with E-state index in [4.69, 9.17) is 0 Å². The van der Waals surface area contributed by atoms with E-state index in [0.717, 1.165) is 11.1 Å². The quantitative estimate of drug-likeness (QED) is 0.324. The minimum absolute atomic E-state index is 0.153. The summed E-state index contributed by atoms with van der Waals surface area (Å²) in [4.78, 5) is 33.8. The second-order valence-electron chi connectivity index (χ2n) is 9.43. The molecule has 3 heterocycles. The Morgan fingerprint density at radius 3 is 2.15 bits per heavy atom. The zero-order chi connectivity index (χ0) is 27.8. The van der Waals surface area contributed by atoms with Crippen LogP contribution in [0.3, 0.4) is 0 Å². The van der Waals surface area contributed by atoms with Crippen molar-refractivity contribution in [1.82, 2.24) is 14.5 Å². The Morgan fingerprint density at radius 2 is 1.62 bits per heavy atom. The maximum atomic E-state index is 13.7. The van der Waals surface area contributed by atoms with Crippen molar-refractivity contribution in [2.45, 2.75) is 12.1 Å². The van der Waals surface area contributed by atoms with Gasteiger partial charge in [-0.3, -0.25) is 9.69 Å². The SMILES string of the molecule is Cn1c(=O)c(C(=O)O)c(N2CCN(C(c3ccc(F)cc3)c3ccc(F)cc3)CC2CO)c2nc(Br)ccc21. The van der Waals surface area contributed by atoms with E-state index in [1.807, 2.05) is 0 Å². The summed E-state index contributed by atoms with van der Waals surface area (Å²) >= 11 is 3.34. The summed E-state index contributed by atoms with van der Waals surface area (Å²) < 4.78 is 29.2. The van der Waals surface area contributed by atoms with Crippen LogP contribution in [0.5, 0.6) is 0 Å². The van der Waals surface area contributed by atoms with Gasteiger partial charge in [0.05, 0.1) is 29.9 Å². The molecule has 4 aromatic rings. The third-order valence-corrected chi connectivity index (χ3v) is 7.59. The number of hydrogen-bond acceptors (Lipinski definition) is 6. The number of aryl methyl sites for hydroxylation is 1. The number of rotatable bonds is 6. The van der Waals surface area contributed by atoms with E-state index in [1.54, 1.807) is 41.3 Å². The molecule has 0 bridgehead atoms. The number of fused-ring (bicyclic) bond motifs is 1. The Bertz CT molecular complexity index is 1550. The van der Waals surface area contributed by atoms with Crippen LogP contribution in [0.25, 0.3) is 11.0 Å². The first-order chi connectivity index (χ1) is 18.7. The number of anilines is 1. The van der Waals surface area contributed by atoms with Crippen LogP contribution < -0.4 is 10.5 Å². The van der Waals surface area contributed by atoms with Crippen LogP contribution >= 0.6 is 15.9 Å². The van der Waals surface area contributed by atoms with Crippen LogP contribution in [-0.4, -0.2) is 62.9 Å². The van der Waals surface area contributed by atoms with Gasteiger partial charge in [-0.25, -0.2) is 18.6 Å². The predicted octanol–water partition coefficient (Wildman–Crippen LogP) is 3.94. The number of aromatic nitrogens is 2. The molecule has 39 heavy (non-hydrogen) atoms. The molecule has 0 spiro atoms. The van der Waals surface area contributed by atoms with E-state index < -0.39 is 23.1 Å². The summed E-state index contributed by atoms with van der Waals surface area (Å²) in [5.74, 6) is -2.15. The fourth-order valence-electron chi connectivity index (χ4n) is 5.31. The summed E-state index contributed by atoms with van der Waals surface area (Å²) in [6, 6.07) is 14.5. The Kier molecular flexibility index (Phi) is 7.48. The normalized spacial score (nSPS) is 16.3. The molecule has 1 aliphatic rings. The van der Waals surface area contributed by atoms with E-state index in [-0.39, 0.29) is 43.1 Å². The lowest BCUT2D eigenvalue weighted by molar-refractivity contribution is 0.0694. The number of aliphatic hydroxyl groups excluding tert-OH is 1. The van der Waals surface area contributed by atoms with Gasteiger partial charge in [-0.15, -0.1) is 0 Å². The van der Waals surface area contributed by atoms with Gasteiger partial charge >= 0.3 is 5.97 Å². The number of piperazine rings is 1. The molecule has 2 aromatic carbocycles.